The lowest BCUT2D eigenvalue weighted by Gasteiger charge is -2.28. The molecule has 1 aliphatic rings. The van der Waals surface area contributed by atoms with E-state index in [1.807, 2.05) is 61.5 Å². The lowest BCUT2D eigenvalue weighted by molar-refractivity contribution is -0.384. The molecule has 0 aromatic heterocycles. The van der Waals surface area contributed by atoms with E-state index in [9.17, 15) is 14.9 Å². The van der Waals surface area contributed by atoms with Gasteiger partial charge in [-0.2, -0.15) is 5.10 Å². The number of hydrazone groups is 1. The summed E-state index contributed by atoms with van der Waals surface area (Å²) in [5, 5.41) is 17.1. The smallest absolute Gasteiger partial charge is 0.269 e. The Morgan fingerprint density at radius 2 is 1.74 bits per heavy atom. The summed E-state index contributed by atoms with van der Waals surface area (Å²) < 4.78 is 5.57. The van der Waals surface area contributed by atoms with Crippen LogP contribution in [0.15, 0.2) is 84.0 Å². The molecule has 0 bridgehead atoms. The van der Waals surface area contributed by atoms with Gasteiger partial charge >= 0.3 is 0 Å². The molecule has 1 heterocycles. The first-order valence-corrected chi connectivity index (χ1v) is 11.1. The summed E-state index contributed by atoms with van der Waals surface area (Å²) in [6.45, 7) is 5.12. The lowest BCUT2D eigenvalue weighted by atomic mass is 10.1. The number of amides is 1. The van der Waals surface area contributed by atoms with E-state index in [2.05, 4.69) is 10.0 Å². The number of carbonyl (C=O) groups is 1. The molecule has 1 atom stereocenters. The van der Waals surface area contributed by atoms with Crippen molar-refractivity contribution in [3.05, 3.63) is 106 Å². The van der Waals surface area contributed by atoms with Crippen molar-refractivity contribution in [1.29, 1.82) is 0 Å². The Bertz CT molecular complexity index is 1180. The normalized spacial score (nSPS) is 16.6. The van der Waals surface area contributed by atoms with E-state index >= 15 is 0 Å². The van der Waals surface area contributed by atoms with Crippen molar-refractivity contribution in [3.8, 4) is 5.75 Å². The summed E-state index contributed by atoms with van der Waals surface area (Å²) in [5.74, 6) is 0.651. The summed E-state index contributed by atoms with van der Waals surface area (Å²) in [7, 11) is 0. The molecular weight excluding hydrogens is 432 g/mol. The standard InChI is InChI=1S/C26H26N4O4/c1-3-34-24-15-11-22(12-16-24)26-28(17-20-7-5-4-6-8-20)18-25(31)29(26)27-19(2)21-9-13-23(14-10-21)30(32)33/h4-16,26H,3,17-18H2,1-2H3/b27-19-/t26-/m0/s1. The van der Waals surface area contributed by atoms with Gasteiger partial charge in [0.05, 0.1) is 23.8 Å². The monoisotopic (exact) mass is 458 g/mol. The lowest BCUT2D eigenvalue weighted by Crippen LogP contribution is -2.29. The van der Waals surface area contributed by atoms with Crippen molar-refractivity contribution in [2.75, 3.05) is 13.2 Å². The Labute approximate surface area is 198 Å². The molecule has 34 heavy (non-hydrogen) atoms. The average Bonchev–Trinajstić information content (AvgIpc) is 3.14. The molecule has 1 saturated heterocycles. The summed E-state index contributed by atoms with van der Waals surface area (Å²) in [6, 6.07) is 23.9. The summed E-state index contributed by atoms with van der Waals surface area (Å²) in [6.07, 6.45) is -0.392. The highest BCUT2D eigenvalue weighted by molar-refractivity contribution is 5.99. The Morgan fingerprint density at radius 1 is 1.06 bits per heavy atom. The Morgan fingerprint density at radius 3 is 2.35 bits per heavy atom. The van der Waals surface area contributed by atoms with Crippen LogP contribution < -0.4 is 4.74 Å². The van der Waals surface area contributed by atoms with Crippen LogP contribution in [0.1, 0.15) is 36.7 Å². The van der Waals surface area contributed by atoms with Crippen LogP contribution >= 0.6 is 0 Å². The molecule has 0 spiro atoms. The SMILES string of the molecule is CCOc1ccc([C@H]2N(Cc3ccccc3)CC(=O)N2/N=C(/C)c2ccc([N+](=O)[O-])cc2)cc1. The first-order valence-electron chi connectivity index (χ1n) is 11.1. The number of nitro benzene ring substituents is 1. The van der Waals surface area contributed by atoms with Gasteiger partial charge in [0.1, 0.15) is 11.9 Å². The maximum Gasteiger partial charge on any atom is 0.269 e. The Kier molecular flexibility index (Phi) is 6.98. The zero-order chi connectivity index (χ0) is 24.1. The topological polar surface area (TPSA) is 88.3 Å². The van der Waals surface area contributed by atoms with Crippen LogP contribution in [-0.2, 0) is 11.3 Å². The quantitative estimate of drug-likeness (QED) is 0.276. The van der Waals surface area contributed by atoms with Gasteiger partial charge in [-0.25, -0.2) is 5.01 Å². The number of rotatable bonds is 8. The number of nitro groups is 1. The molecule has 8 heteroatoms. The van der Waals surface area contributed by atoms with Gasteiger partial charge < -0.3 is 4.74 Å². The third kappa shape index (κ3) is 5.13. The Balaban J connectivity index is 1.67. The van der Waals surface area contributed by atoms with E-state index in [0.29, 0.717) is 24.4 Å². The second-order valence-electron chi connectivity index (χ2n) is 7.99. The average molecular weight is 459 g/mol. The van der Waals surface area contributed by atoms with Crippen LogP contribution in [-0.4, -0.2) is 39.6 Å². The fourth-order valence-electron chi connectivity index (χ4n) is 3.99. The van der Waals surface area contributed by atoms with Crippen molar-refractivity contribution < 1.29 is 14.5 Å². The number of hydrogen-bond donors (Lipinski definition) is 0. The fraction of sp³-hybridized carbons (Fsp3) is 0.231. The highest BCUT2D eigenvalue weighted by atomic mass is 16.6. The minimum absolute atomic E-state index is 0.00935. The largest absolute Gasteiger partial charge is 0.494 e. The van der Waals surface area contributed by atoms with Crippen molar-refractivity contribution in [1.82, 2.24) is 9.91 Å². The number of carbonyl (C=O) groups excluding carboxylic acids is 1. The summed E-state index contributed by atoms with van der Waals surface area (Å²) in [4.78, 5) is 25.7. The zero-order valence-electron chi connectivity index (χ0n) is 19.1. The van der Waals surface area contributed by atoms with Gasteiger partial charge in [-0.05, 0) is 54.8 Å². The zero-order valence-corrected chi connectivity index (χ0v) is 19.1. The predicted octanol–water partition coefficient (Wildman–Crippen LogP) is 4.76. The molecule has 4 rings (SSSR count). The molecule has 1 aliphatic heterocycles. The minimum Gasteiger partial charge on any atom is -0.494 e. The Hall–Kier alpha value is -4.04. The molecular formula is C26H26N4O4. The number of hydrogen-bond acceptors (Lipinski definition) is 6. The second-order valence-corrected chi connectivity index (χ2v) is 7.99. The number of ether oxygens (including phenoxy) is 1. The molecule has 0 saturated carbocycles. The minimum atomic E-state index is -0.441. The molecule has 0 unspecified atom stereocenters. The number of nitrogens with zero attached hydrogens (tertiary/aromatic N) is 4. The van der Waals surface area contributed by atoms with Gasteiger partial charge in [0.2, 0.25) is 0 Å². The van der Waals surface area contributed by atoms with Gasteiger partial charge in [0, 0.05) is 18.7 Å². The van der Waals surface area contributed by atoms with Gasteiger partial charge in [0.25, 0.3) is 11.6 Å². The first-order chi connectivity index (χ1) is 16.5. The second kappa shape index (κ2) is 10.3. The van der Waals surface area contributed by atoms with Crippen molar-refractivity contribution >= 4 is 17.3 Å². The summed E-state index contributed by atoms with van der Waals surface area (Å²) >= 11 is 0. The van der Waals surface area contributed by atoms with Gasteiger partial charge in [-0.15, -0.1) is 0 Å². The molecule has 3 aromatic carbocycles. The number of non-ortho nitro benzene ring substituents is 1. The van der Waals surface area contributed by atoms with Crippen molar-refractivity contribution in [2.24, 2.45) is 5.10 Å². The maximum absolute atomic E-state index is 13.1. The molecule has 1 fully saturated rings. The fourth-order valence-corrected chi connectivity index (χ4v) is 3.99. The molecule has 0 aliphatic carbocycles. The van der Waals surface area contributed by atoms with E-state index in [0.717, 1.165) is 16.9 Å². The van der Waals surface area contributed by atoms with E-state index in [4.69, 9.17) is 4.74 Å². The number of benzene rings is 3. The molecule has 1 amide bonds. The van der Waals surface area contributed by atoms with Crippen molar-refractivity contribution in [3.63, 3.8) is 0 Å². The predicted molar refractivity (Wildman–Crippen MR) is 129 cm³/mol. The molecule has 3 aromatic rings. The van der Waals surface area contributed by atoms with Crippen LogP contribution in [0.25, 0.3) is 0 Å². The van der Waals surface area contributed by atoms with Crippen LogP contribution in [0.2, 0.25) is 0 Å². The van der Waals surface area contributed by atoms with Crippen LogP contribution in [0.4, 0.5) is 5.69 Å². The van der Waals surface area contributed by atoms with Crippen LogP contribution in [0, 0.1) is 10.1 Å². The van der Waals surface area contributed by atoms with Gasteiger partial charge in [-0.1, -0.05) is 42.5 Å². The third-order valence-electron chi connectivity index (χ3n) is 5.64. The molecule has 174 valence electrons. The third-order valence-corrected chi connectivity index (χ3v) is 5.64. The molecule has 0 N–H and O–H groups in total. The van der Waals surface area contributed by atoms with E-state index in [-0.39, 0.29) is 18.1 Å². The highest BCUT2D eigenvalue weighted by Gasteiger charge is 2.39. The van der Waals surface area contributed by atoms with Crippen LogP contribution in [0.5, 0.6) is 5.75 Å². The maximum atomic E-state index is 13.1. The summed E-state index contributed by atoms with van der Waals surface area (Å²) in [5.41, 5.74) is 3.34. The van der Waals surface area contributed by atoms with Crippen LogP contribution in [0.3, 0.4) is 0 Å². The molecule has 0 radical (unpaired) electrons. The van der Waals surface area contributed by atoms with Crippen molar-refractivity contribution in [2.45, 2.75) is 26.6 Å². The van der Waals surface area contributed by atoms with E-state index in [1.165, 1.54) is 17.1 Å². The first kappa shape index (κ1) is 23.1. The van der Waals surface area contributed by atoms with Gasteiger partial charge in [0.15, 0.2) is 0 Å². The van der Waals surface area contributed by atoms with E-state index < -0.39 is 11.1 Å². The highest BCUT2D eigenvalue weighted by Crippen LogP contribution is 2.34. The molecule has 8 nitrogen and oxygen atoms in total. The van der Waals surface area contributed by atoms with E-state index in [1.54, 1.807) is 19.1 Å². The van der Waals surface area contributed by atoms with Gasteiger partial charge in [-0.3, -0.25) is 19.8 Å².